The average molecular weight is 260 g/mol. The van der Waals surface area contributed by atoms with E-state index in [2.05, 4.69) is 0 Å². The molecule has 4 heteroatoms. The summed E-state index contributed by atoms with van der Waals surface area (Å²) in [5, 5.41) is 2.81. The van der Waals surface area contributed by atoms with Crippen LogP contribution in [0.5, 0.6) is 0 Å². The molecule has 0 bridgehead atoms. The summed E-state index contributed by atoms with van der Waals surface area (Å²) in [7, 11) is 0. The molecule has 0 radical (unpaired) electrons. The summed E-state index contributed by atoms with van der Waals surface area (Å²) in [6, 6.07) is 6.70. The van der Waals surface area contributed by atoms with Crippen LogP contribution in [-0.4, -0.2) is 6.29 Å². The Hall–Kier alpha value is -0.760. The molecule has 0 aliphatic carbocycles. The molecular formula is C11H5Cl3O. The summed E-state index contributed by atoms with van der Waals surface area (Å²) in [5.74, 6) is 0. The predicted octanol–water partition coefficient (Wildman–Crippen LogP) is 4.61. The van der Waals surface area contributed by atoms with Crippen LogP contribution in [0.3, 0.4) is 0 Å². The summed E-state index contributed by atoms with van der Waals surface area (Å²) >= 11 is 17.9. The van der Waals surface area contributed by atoms with Gasteiger partial charge in [-0.15, -0.1) is 0 Å². The quantitative estimate of drug-likeness (QED) is 0.540. The molecular weight excluding hydrogens is 254 g/mol. The summed E-state index contributed by atoms with van der Waals surface area (Å²) in [6.07, 6.45) is 0.755. The van der Waals surface area contributed by atoms with E-state index in [1.54, 1.807) is 24.3 Å². The monoisotopic (exact) mass is 258 g/mol. The second-order valence-corrected chi connectivity index (χ2v) is 4.27. The third-order valence-corrected chi connectivity index (χ3v) is 3.25. The molecule has 0 aromatic heterocycles. The number of halogens is 3. The normalized spacial score (nSPS) is 10.6. The van der Waals surface area contributed by atoms with Crippen LogP contribution in [0.15, 0.2) is 24.3 Å². The molecule has 2 aromatic rings. The number of rotatable bonds is 1. The van der Waals surface area contributed by atoms with Crippen LogP contribution in [0.25, 0.3) is 10.8 Å². The summed E-state index contributed by atoms with van der Waals surface area (Å²) in [4.78, 5) is 10.6. The van der Waals surface area contributed by atoms with Crippen molar-refractivity contribution in [2.45, 2.75) is 0 Å². The topological polar surface area (TPSA) is 17.1 Å². The van der Waals surface area contributed by atoms with Gasteiger partial charge in [0.15, 0.2) is 0 Å². The lowest BCUT2D eigenvalue weighted by Crippen LogP contribution is -1.83. The summed E-state index contributed by atoms with van der Waals surface area (Å²) in [5.41, 5.74) is 0.544. The van der Waals surface area contributed by atoms with E-state index < -0.39 is 0 Å². The van der Waals surface area contributed by atoms with Crippen LogP contribution in [0.1, 0.15) is 10.4 Å². The van der Waals surface area contributed by atoms with E-state index in [9.17, 15) is 4.79 Å². The number of carbonyl (C=O) groups excluding carboxylic acids is 1. The second-order valence-electron chi connectivity index (χ2n) is 3.08. The summed E-state index contributed by atoms with van der Waals surface area (Å²) < 4.78 is 0. The third-order valence-electron chi connectivity index (χ3n) is 2.14. The van der Waals surface area contributed by atoms with Crippen LogP contribution >= 0.6 is 34.8 Å². The van der Waals surface area contributed by atoms with E-state index in [0.29, 0.717) is 26.0 Å². The third kappa shape index (κ3) is 1.83. The Morgan fingerprint density at radius 2 is 1.67 bits per heavy atom. The van der Waals surface area contributed by atoms with Crippen molar-refractivity contribution in [1.82, 2.24) is 0 Å². The molecule has 1 nitrogen and oxygen atoms in total. The van der Waals surface area contributed by atoms with E-state index in [-0.39, 0.29) is 0 Å². The van der Waals surface area contributed by atoms with Gasteiger partial charge in [0, 0.05) is 21.4 Å². The van der Waals surface area contributed by atoms with Crippen LogP contribution in [0, 0.1) is 0 Å². The number of aldehydes is 1. The van der Waals surface area contributed by atoms with E-state index >= 15 is 0 Å². The van der Waals surface area contributed by atoms with Crippen LogP contribution in [0.4, 0.5) is 0 Å². The second kappa shape index (κ2) is 4.01. The first-order valence-corrected chi connectivity index (χ1v) is 5.29. The molecule has 0 amide bonds. The predicted molar refractivity (Wildman–Crippen MR) is 64.4 cm³/mol. The molecule has 76 valence electrons. The fourth-order valence-corrected chi connectivity index (χ4v) is 2.16. The minimum absolute atomic E-state index is 0.386. The Kier molecular flexibility index (Phi) is 2.87. The van der Waals surface area contributed by atoms with Gasteiger partial charge in [0.05, 0.1) is 10.0 Å². The fraction of sp³-hybridized carbons (Fsp3) is 0. The molecule has 0 saturated carbocycles. The zero-order chi connectivity index (χ0) is 11.0. The van der Waals surface area contributed by atoms with Crippen molar-refractivity contribution in [3.8, 4) is 0 Å². The standard InChI is InChI=1S/C11H5Cl3O/c12-9-4-10(13)11(14)8-3-6(5-15)1-2-7(8)9/h1-5H. The lowest BCUT2D eigenvalue weighted by Gasteiger charge is -2.05. The van der Waals surface area contributed by atoms with Crippen LogP contribution in [0.2, 0.25) is 15.1 Å². The molecule has 0 N–H and O–H groups in total. The SMILES string of the molecule is O=Cc1ccc2c(Cl)cc(Cl)c(Cl)c2c1. The largest absolute Gasteiger partial charge is 0.298 e. The Morgan fingerprint density at radius 3 is 2.33 bits per heavy atom. The Balaban J connectivity index is 2.91. The minimum atomic E-state index is 0.386. The maximum atomic E-state index is 10.6. The van der Waals surface area contributed by atoms with Crippen molar-refractivity contribution in [3.05, 3.63) is 44.9 Å². The van der Waals surface area contributed by atoms with Crippen molar-refractivity contribution in [3.63, 3.8) is 0 Å². The van der Waals surface area contributed by atoms with E-state index in [1.165, 1.54) is 0 Å². The van der Waals surface area contributed by atoms with E-state index in [0.717, 1.165) is 11.7 Å². The Bertz CT molecular complexity index is 549. The zero-order valence-electron chi connectivity index (χ0n) is 7.43. The highest BCUT2D eigenvalue weighted by Gasteiger charge is 2.08. The van der Waals surface area contributed by atoms with Crippen LogP contribution in [-0.2, 0) is 0 Å². The molecule has 0 spiro atoms. The van der Waals surface area contributed by atoms with Crippen LogP contribution < -0.4 is 0 Å². The molecule has 0 saturated heterocycles. The van der Waals surface area contributed by atoms with Gasteiger partial charge >= 0.3 is 0 Å². The van der Waals surface area contributed by atoms with E-state index in [1.807, 2.05) is 0 Å². The molecule has 0 aliphatic heterocycles. The molecule has 0 heterocycles. The maximum Gasteiger partial charge on any atom is 0.150 e. The number of hydrogen-bond acceptors (Lipinski definition) is 1. The number of fused-ring (bicyclic) bond motifs is 1. The van der Waals surface area contributed by atoms with Crippen molar-refractivity contribution < 1.29 is 4.79 Å². The van der Waals surface area contributed by atoms with Gasteiger partial charge in [-0.2, -0.15) is 0 Å². The molecule has 2 rings (SSSR count). The van der Waals surface area contributed by atoms with E-state index in [4.69, 9.17) is 34.8 Å². The van der Waals surface area contributed by atoms with Gasteiger partial charge in [-0.05, 0) is 12.1 Å². The summed E-state index contributed by atoms with van der Waals surface area (Å²) in [6.45, 7) is 0. The van der Waals surface area contributed by atoms with Crippen molar-refractivity contribution in [1.29, 1.82) is 0 Å². The first-order chi connectivity index (χ1) is 7.13. The van der Waals surface area contributed by atoms with Gasteiger partial charge in [-0.25, -0.2) is 0 Å². The van der Waals surface area contributed by atoms with Gasteiger partial charge < -0.3 is 0 Å². The van der Waals surface area contributed by atoms with Gasteiger partial charge in [-0.1, -0.05) is 46.9 Å². The highest BCUT2D eigenvalue weighted by molar-refractivity contribution is 6.47. The number of benzene rings is 2. The minimum Gasteiger partial charge on any atom is -0.298 e. The molecule has 0 fully saturated rings. The molecule has 2 aromatic carbocycles. The lowest BCUT2D eigenvalue weighted by atomic mass is 10.1. The van der Waals surface area contributed by atoms with Crippen molar-refractivity contribution in [2.75, 3.05) is 0 Å². The molecule has 0 unspecified atom stereocenters. The fourth-order valence-electron chi connectivity index (χ4n) is 1.41. The van der Waals surface area contributed by atoms with Crippen molar-refractivity contribution >= 4 is 51.9 Å². The lowest BCUT2D eigenvalue weighted by molar-refractivity contribution is 0.112. The first kappa shape index (κ1) is 10.7. The molecule has 0 atom stereocenters. The number of carbonyl (C=O) groups is 1. The zero-order valence-corrected chi connectivity index (χ0v) is 9.70. The molecule has 0 aliphatic rings. The Morgan fingerprint density at radius 1 is 0.933 bits per heavy atom. The van der Waals surface area contributed by atoms with Gasteiger partial charge in [0.25, 0.3) is 0 Å². The maximum absolute atomic E-state index is 10.6. The van der Waals surface area contributed by atoms with Gasteiger partial charge in [0.1, 0.15) is 6.29 Å². The van der Waals surface area contributed by atoms with Gasteiger partial charge in [0.2, 0.25) is 0 Å². The highest BCUT2D eigenvalue weighted by atomic mass is 35.5. The van der Waals surface area contributed by atoms with Crippen molar-refractivity contribution in [2.24, 2.45) is 0 Å². The first-order valence-electron chi connectivity index (χ1n) is 4.16. The number of hydrogen-bond donors (Lipinski definition) is 0. The Labute approximate surface area is 102 Å². The van der Waals surface area contributed by atoms with Gasteiger partial charge in [-0.3, -0.25) is 4.79 Å². The smallest absolute Gasteiger partial charge is 0.150 e. The highest BCUT2D eigenvalue weighted by Crippen LogP contribution is 2.36. The molecule has 15 heavy (non-hydrogen) atoms. The average Bonchev–Trinajstić information content (AvgIpc) is 2.25.